The average molecular weight is 677 g/mol. The van der Waals surface area contributed by atoms with Crippen molar-refractivity contribution in [3.63, 3.8) is 0 Å². The summed E-state index contributed by atoms with van der Waals surface area (Å²) in [7, 11) is -1.28. The van der Waals surface area contributed by atoms with Crippen LogP contribution < -0.4 is 15.1 Å². The van der Waals surface area contributed by atoms with E-state index in [0.717, 1.165) is 24.0 Å². The van der Waals surface area contributed by atoms with Crippen LogP contribution in [0, 0.1) is 5.92 Å². The fourth-order valence-corrected chi connectivity index (χ4v) is 11.8. The molecule has 0 unspecified atom stereocenters. The predicted octanol–water partition coefficient (Wildman–Crippen LogP) is 8.69. The monoisotopic (exact) mass is 676 g/mol. The van der Waals surface area contributed by atoms with Crippen molar-refractivity contribution in [1.82, 2.24) is 0 Å². The Balaban J connectivity index is 1.50. The normalized spacial score (nSPS) is 19.5. The van der Waals surface area contributed by atoms with Crippen molar-refractivity contribution in [1.29, 1.82) is 0 Å². The highest BCUT2D eigenvalue weighted by Gasteiger charge is 2.52. The first-order valence-corrected chi connectivity index (χ1v) is 19.6. The molecule has 6 heteroatoms. The van der Waals surface area contributed by atoms with Gasteiger partial charge in [0.05, 0.1) is 19.8 Å². The molecule has 49 heavy (non-hydrogen) atoms. The van der Waals surface area contributed by atoms with Gasteiger partial charge in [-0.15, -0.1) is 0 Å². The highest BCUT2D eigenvalue weighted by atomic mass is 28.4. The van der Waals surface area contributed by atoms with Crippen LogP contribution in [0.4, 0.5) is 0 Å². The number of allylic oxidation sites excluding steroid dienone is 2. The van der Waals surface area contributed by atoms with Crippen LogP contribution in [0.3, 0.4) is 0 Å². The van der Waals surface area contributed by atoms with Gasteiger partial charge in [0.25, 0.3) is 8.32 Å². The Labute approximate surface area is 294 Å². The molecule has 1 heterocycles. The van der Waals surface area contributed by atoms with E-state index in [9.17, 15) is 4.79 Å². The minimum absolute atomic E-state index is 0.171. The average Bonchev–Trinajstić information content (AvgIpc) is 3.11. The Bertz CT molecular complexity index is 1590. The molecule has 0 N–H and O–H groups in total. The summed E-state index contributed by atoms with van der Waals surface area (Å²) in [4.78, 5) is 14.1. The fraction of sp³-hybridized carbons (Fsp3) is 0.372. The summed E-state index contributed by atoms with van der Waals surface area (Å²) >= 11 is 0. The van der Waals surface area contributed by atoms with Crippen LogP contribution in [0.25, 0.3) is 0 Å². The number of rotatable bonds is 11. The predicted molar refractivity (Wildman–Crippen MR) is 201 cm³/mol. The van der Waals surface area contributed by atoms with Gasteiger partial charge in [0.2, 0.25) is 0 Å². The first-order chi connectivity index (χ1) is 23.7. The van der Waals surface area contributed by atoms with E-state index in [1.54, 1.807) is 7.11 Å². The van der Waals surface area contributed by atoms with Gasteiger partial charge in [-0.3, -0.25) is 0 Å². The van der Waals surface area contributed by atoms with Crippen molar-refractivity contribution >= 4 is 24.7 Å². The van der Waals surface area contributed by atoms with Gasteiger partial charge in [-0.1, -0.05) is 143 Å². The maximum atomic E-state index is 14.1. The molecule has 4 aromatic carbocycles. The minimum Gasteiger partial charge on any atom is -0.496 e. The second-order valence-corrected chi connectivity index (χ2v) is 18.4. The van der Waals surface area contributed by atoms with E-state index in [-0.39, 0.29) is 29.1 Å². The molecule has 5 nitrogen and oxygen atoms in total. The second kappa shape index (κ2) is 17.1. The van der Waals surface area contributed by atoms with Gasteiger partial charge in [0, 0.05) is 13.0 Å². The third-order valence-corrected chi connectivity index (χ3v) is 14.7. The van der Waals surface area contributed by atoms with Crippen LogP contribution in [0.1, 0.15) is 74.9 Å². The van der Waals surface area contributed by atoms with Crippen molar-refractivity contribution < 1.29 is 23.4 Å². The number of methoxy groups -OCH3 is 1. The fourth-order valence-electron chi connectivity index (χ4n) is 7.01. The van der Waals surface area contributed by atoms with E-state index < -0.39 is 8.32 Å². The van der Waals surface area contributed by atoms with Gasteiger partial charge in [-0.25, -0.2) is 4.79 Å². The lowest BCUT2D eigenvalue weighted by Gasteiger charge is -2.46. The zero-order valence-corrected chi connectivity index (χ0v) is 30.8. The molecule has 0 bridgehead atoms. The van der Waals surface area contributed by atoms with Crippen LogP contribution in [0.2, 0.25) is 5.04 Å². The standard InChI is InChI=1S/C43H52O5Si/c1-33-19-15-16-22-35-23-17-29-39(45-5)41(35)42(44)47-36(24-18-30-46-32-34-20-9-6-10-21-34)31-40(33)48-49(43(2,3)4,37-25-11-7-12-26-37)38-27-13-8-14-28-38/h6-17,20-21,23,25-29,33,36,40H,18-19,22,24,30-32H2,1-5H3/b16-15+/t33-,36-,40+/m0/s1. The lowest BCUT2D eigenvalue weighted by atomic mass is 9.93. The van der Waals surface area contributed by atoms with Gasteiger partial charge < -0.3 is 18.6 Å². The number of fused-ring (bicyclic) bond motifs is 1. The Morgan fingerprint density at radius 2 is 1.45 bits per heavy atom. The smallest absolute Gasteiger partial charge is 0.342 e. The van der Waals surface area contributed by atoms with Crippen molar-refractivity contribution in [3.8, 4) is 5.75 Å². The van der Waals surface area contributed by atoms with E-state index in [1.807, 2.05) is 36.4 Å². The number of cyclic esters (lactones) is 1. The molecule has 0 spiro atoms. The molecule has 3 atom stereocenters. The van der Waals surface area contributed by atoms with E-state index in [2.05, 4.69) is 113 Å². The van der Waals surface area contributed by atoms with Gasteiger partial charge in [-0.2, -0.15) is 0 Å². The first kappa shape index (κ1) is 36.3. The Hall–Kier alpha value is -3.97. The van der Waals surface area contributed by atoms with Gasteiger partial charge >= 0.3 is 5.97 Å². The summed E-state index contributed by atoms with van der Waals surface area (Å²) in [5.41, 5.74) is 2.54. The number of ether oxygens (including phenoxy) is 3. The zero-order valence-electron chi connectivity index (χ0n) is 29.8. The lowest BCUT2D eigenvalue weighted by molar-refractivity contribution is 0.00288. The molecule has 0 saturated carbocycles. The molecule has 258 valence electrons. The maximum absolute atomic E-state index is 14.1. The molecule has 0 radical (unpaired) electrons. The number of hydrogen-bond acceptors (Lipinski definition) is 5. The summed E-state index contributed by atoms with van der Waals surface area (Å²) in [5, 5.41) is 2.30. The molecule has 1 aliphatic rings. The highest BCUT2D eigenvalue weighted by Crippen LogP contribution is 2.40. The van der Waals surface area contributed by atoms with Crippen LogP contribution in [0.15, 0.2) is 121 Å². The molecule has 0 aliphatic carbocycles. The van der Waals surface area contributed by atoms with E-state index in [1.165, 1.54) is 10.4 Å². The molecule has 5 rings (SSSR count). The Kier molecular flexibility index (Phi) is 12.7. The second-order valence-electron chi connectivity index (χ2n) is 14.1. The van der Waals surface area contributed by atoms with Crippen LogP contribution in [0.5, 0.6) is 5.75 Å². The van der Waals surface area contributed by atoms with E-state index in [0.29, 0.717) is 43.8 Å². The summed E-state index contributed by atoms with van der Waals surface area (Å²) in [6.45, 7) is 10.3. The third kappa shape index (κ3) is 8.99. The summed E-state index contributed by atoms with van der Waals surface area (Å²) in [5.74, 6) is 0.359. The summed E-state index contributed by atoms with van der Waals surface area (Å²) in [6, 6.07) is 37.5. The van der Waals surface area contributed by atoms with Crippen molar-refractivity contribution in [2.24, 2.45) is 5.92 Å². The van der Waals surface area contributed by atoms with Crippen molar-refractivity contribution in [3.05, 3.63) is 138 Å². The zero-order chi connectivity index (χ0) is 34.7. The molecule has 0 amide bonds. The number of carbonyl (C=O) groups is 1. The first-order valence-electron chi connectivity index (χ1n) is 17.7. The van der Waals surface area contributed by atoms with Crippen molar-refractivity contribution in [2.75, 3.05) is 13.7 Å². The molecular formula is C43H52O5Si. The van der Waals surface area contributed by atoms with Gasteiger partial charge in [-0.05, 0) is 64.2 Å². The molecule has 1 aliphatic heterocycles. The minimum atomic E-state index is -2.88. The van der Waals surface area contributed by atoms with Gasteiger partial charge in [0.15, 0.2) is 0 Å². The lowest BCUT2D eigenvalue weighted by Crippen LogP contribution is -2.68. The Morgan fingerprint density at radius 3 is 2.06 bits per heavy atom. The molecule has 4 aromatic rings. The molecule has 0 fully saturated rings. The van der Waals surface area contributed by atoms with Crippen LogP contribution in [-0.4, -0.2) is 40.2 Å². The quantitative estimate of drug-likeness (QED) is 0.0689. The molecular weight excluding hydrogens is 625 g/mol. The summed E-state index contributed by atoms with van der Waals surface area (Å²) in [6.07, 6.45) is 7.32. The van der Waals surface area contributed by atoms with Gasteiger partial charge in [0.1, 0.15) is 17.4 Å². The van der Waals surface area contributed by atoms with E-state index in [4.69, 9.17) is 18.6 Å². The highest BCUT2D eigenvalue weighted by molar-refractivity contribution is 6.99. The molecule has 0 saturated heterocycles. The number of benzene rings is 4. The van der Waals surface area contributed by atoms with Crippen molar-refractivity contribution in [2.45, 2.75) is 83.7 Å². The largest absolute Gasteiger partial charge is 0.496 e. The SMILES string of the molecule is COc1cccc2c1C(=O)O[C@@H](CCCOCc1ccccc1)C[C@@H](O[Si](c1ccccc1)(c1ccccc1)C(C)(C)C)[C@@H](C)C/C=C/C2. The number of carbonyl (C=O) groups excluding carboxylic acids is 1. The number of hydrogen-bond donors (Lipinski definition) is 0. The van der Waals surface area contributed by atoms with E-state index >= 15 is 0 Å². The maximum Gasteiger partial charge on any atom is 0.342 e. The topological polar surface area (TPSA) is 54.0 Å². The van der Waals surface area contributed by atoms with Crippen LogP contribution >= 0.6 is 0 Å². The third-order valence-electron chi connectivity index (χ3n) is 9.62. The Morgan fingerprint density at radius 1 is 0.816 bits per heavy atom. The summed E-state index contributed by atoms with van der Waals surface area (Å²) < 4.78 is 26.0. The number of esters is 1. The van der Waals surface area contributed by atoms with Crippen LogP contribution in [-0.2, 0) is 26.9 Å². The molecule has 0 aromatic heterocycles.